The topological polar surface area (TPSA) is 51.2 Å². The molecule has 1 spiro atoms. The van der Waals surface area contributed by atoms with E-state index in [1.165, 1.54) is 0 Å². The Morgan fingerprint density at radius 3 is 2.59 bits per heavy atom. The highest BCUT2D eigenvalue weighted by atomic mass is 35.5. The molecule has 0 radical (unpaired) electrons. The minimum absolute atomic E-state index is 0.265. The van der Waals surface area contributed by atoms with E-state index >= 15 is 0 Å². The minimum Gasteiger partial charge on any atom is -0.486 e. The number of hydrogen-bond donors (Lipinski definition) is 1. The Labute approximate surface area is 175 Å². The molecule has 6 heteroatoms. The highest BCUT2D eigenvalue weighted by Crippen LogP contribution is 2.38. The quantitative estimate of drug-likeness (QED) is 0.821. The van der Waals surface area contributed by atoms with Gasteiger partial charge in [0.1, 0.15) is 24.6 Å². The maximum absolute atomic E-state index is 10.7. The number of rotatable bonds is 3. The molecular weight excluding hydrogens is 390 g/mol. The maximum Gasteiger partial charge on any atom is 0.161 e. The van der Waals surface area contributed by atoms with Crippen LogP contribution in [0.4, 0.5) is 0 Å². The third kappa shape index (κ3) is 3.82. The van der Waals surface area contributed by atoms with Crippen LogP contribution < -0.4 is 14.2 Å². The Morgan fingerprint density at radius 2 is 1.76 bits per heavy atom. The molecule has 0 saturated carbocycles. The average molecular weight is 414 g/mol. The first-order chi connectivity index (χ1) is 14.1. The van der Waals surface area contributed by atoms with E-state index in [9.17, 15) is 5.11 Å². The first-order valence-corrected chi connectivity index (χ1v) is 10.5. The molecule has 29 heavy (non-hydrogen) atoms. The van der Waals surface area contributed by atoms with Crippen LogP contribution in [0.3, 0.4) is 0 Å². The second kappa shape index (κ2) is 7.56. The second-order valence-corrected chi connectivity index (χ2v) is 8.34. The van der Waals surface area contributed by atoms with Crippen molar-refractivity contribution < 1.29 is 19.3 Å². The van der Waals surface area contributed by atoms with Crippen molar-refractivity contribution >= 4 is 17.7 Å². The largest absolute Gasteiger partial charge is 0.486 e. The Bertz CT molecular complexity index is 936. The molecule has 1 N–H and O–H groups in total. The number of halogens is 1. The van der Waals surface area contributed by atoms with Crippen LogP contribution in [0.25, 0.3) is 6.08 Å². The molecule has 1 fully saturated rings. The van der Waals surface area contributed by atoms with Gasteiger partial charge in [-0.2, -0.15) is 0 Å². The van der Waals surface area contributed by atoms with Gasteiger partial charge in [-0.1, -0.05) is 23.7 Å². The molecule has 3 aliphatic rings. The first kappa shape index (κ1) is 18.8. The summed E-state index contributed by atoms with van der Waals surface area (Å²) in [5, 5.41) is 11.5. The molecule has 5 nitrogen and oxygen atoms in total. The number of piperidine rings is 1. The predicted molar refractivity (Wildman–Crippen MR) is 112 cm³/mol. The number of likely N-dealkylation sites (tertiary alicyclic amines) is 1. The van der Waals surface area contributed by atoms with Crippen LogP contribution >= 0.6 is 11.6 Å². The lowest BCUT2D eigenvalue weighted by Gasteiger charge is -2.42. The van der Waals surface area contributed by atoms with Crippen molar-refractivity contribution in [2.75, 3.05) is 32.8 Å². The summed E-state index contributed by atoms with van der Waals surface area (Å²) in [7, 11) is 0. The molecule has 0 amide bonds. The molecule has 1 atom stereocenters. The molecule has 3 aliphatic heterocycles. The van der Waals surface area contributed by atoms with Crippen molar-refractivity contribution in [1.29, 1.82) is 0 Å². The normalized spacial score (nSPS) is 20.8. The summed E-state index contributed by atoms with van der Waals surface area (Å²) in [6, 6.07) is 11.4. The highest BCUT2D eigenvalue weighted by Gasteiger charge is 2.37. The summed E-state index contributed by atoms with van der Waals surface area (Å²) in [5.41, 5.74) is 1.62. The van der Waals surface area contributed by atoms with Crippen LogP contribution in [0.2, 0.25) is 5.02 Å². The molecule has 0 bridgehead atoms. The van der Waals surface area contributed by atoms with Crippen LogP contribution in [0.5, 0.6) is 17.2 Å². The fourth-order valence-corrected chi connectivity index (χ4v) is 4.42. The first-order valence-electron chi connectivity index (χ1n) is 10.1. The van der Waals surface area contributed by atoms with Crippen molar-refractivity contribution in [2.45, 2.75) is 24.5 Å². The number of fused-ring (bicyclic) bond motifs is 2. The van der Waals surface area contributed by atoms with Crippen LogP contribution in [0.15, 0.2) is 42.5 Å². The summed E-state index contributed by atoms with van der Waals surface area (Å²) in [6.07, 6.45) is 5.49. The van der Waals surface area contributed by atoms with Gasteiger partial charge in [0, 0.05) is 43.1 Å². The average Bonchev–Trinajstić information content (AvgIpc) is 2.75. The second-order valence-electron chi connectivity index (χ2n) is 7.90. The van der Waals surface area contributed by atoms with Crippen molar-refractivity contribution in [2.24, 2.45) is 0 Å². The van der Waals surface area contributed by atoms with Gasteiger partial charge < -0.3 is 24.2 Å². The number of aliphatic hydroxyl groups is 1. The summed E-state index contributed by atoms with van der Waals surface area (Å²) < 4.78 is 17.5. The summed E-state index contributed by atoms with van der Waals surface area (Å²) >= 11 is 6.08. The molecule has 1 saturated heterocycles. The van der Waals surface area contributed by atoms with Gasteiger partial charge in [0.05, 0.1) is 6.10 Å². The van der Waals surface area contributed by atoms with E-state index in [4.69, 9.17) is 25.8 Å². The lowest BCUT2D eigenvalue weighted by atomic mass is 9.88. The Kier molecular flexibility index (Phi) is 4.90. The summed E-state index contributed by atoms with van der Waals surface area (Å²) in [6.45, 7) is 3.44. The maximum atomic E-state index is 10.7. The van der Waals surface area contributed by atoms with Gasteiger partial charge in [0.25, 0.3) is 0 Å². The monoisotopic (exact) mass is 413 g/mol. The van der Waals surface area contributed by atoms with E-state index in [0.29, 0.717) is 25.5 Å². The number of ether oxygens (including phenoxy) is 3. The lowest BCUT2D eigenvalue weighted by molar-refractivity contribution is 0.0200. The summed E-state index contributed by atoms with van der Waals surface area (Å²) in [4.78, 5) is 2.29. The van der Waals surface area contributed by atoms with E-state index in [0.717, 1.165) is 53.6 Å². The zero-order valence-electron chi connectivity index (χ0n) is 16.1. The lowest BCUT2D eigenvalue weighted by Crippen LogP contribution is -2.48. The van der Waals surface area contributed by atoms with Gasteiger partial charge in [-0.25, -0.2) is 0 Å². The van der Waals surface area contributed by atoms with E-state index in [1.54, 1.807) is 0 Å². The fourth-order valence-electron chi connectivity index (χ4n) is 4.24. The van der Waals surface area contributed by atoms with E-state index in [-0.39, 0.29) is 5.60 Å². The van der Waals surface area contributed by atoms with Crippen LogP contribution in [0, 0.1) is 0 Å². The smallest absolute Gasteiger partial charge is 0.161 e. The van der Waals surface area contributed by atoms with Crippen LogP contribution in [-0.4, -0.2) is 48.5 Å². The number of aliphatic hydroxyl groups excluding tert-OH is 1. The van der Waals surface area contributed by atoms with Gasteiger partial charge >= 0.3 is 0 Å². The van der Waals surface area contributed by atoms with Crippen LogP contribution in [-0.2, 0) is 0 Å². The number of β-amino-alcohol motifs (C(OH)–C–C–N with tert-alkyl or cyclic N) is 1. The Morgan fingerprint density at radius 1 is 1.00 bits per heavy atom. The van der Waals surface area contributed by atoms with Gasteiger partial charge in [0.2, 0.25) is 0 Å². The van der Waals surface area contributed by atoms with Crippen LogP contribution in [0.1, 0.15) is 30.1 Å². The third-order valence-corrected chi connectivity index (χ3v) is 6.17. The van der Waals surface area contributed by atoms with E-state index in [1.807, 2.05) is 36.4 Å². The third-order valence-electron chi connectivity index (χ3n) is 5.94. The number of hydrogen-bond acceptors (Lipinski definition) is 5. The molecule has 0 aromatic heterocycles. The molecule has 0 unspecified atom stereocenters. The van der Waals surface area contributed by atoms with Crippen molar-refractivity contribution in [3.63, 3.8) is 0 Å². The van der Waals surface area contributed by atoms with Crippen molar-refractivity contribution in [1.82, 2.24) is 4.90 Å². The SMILES string of the molecule is O[C@@H](CN1CCC2(C=Cc3cc(Cl)ccc3O2)CC1)c1ccc2c(c1)OCCO2. The fraction of sp³-hybridized carbons (Fsp3) is 0.391. The number of nitrogens with zero attached hydrogens (tertiary/aromatic N) is 1. The van der Waals surface area contributed by atoms with Gasteiger partial charge in [-0.15, -0.1) is 0 Å². The van der Waals surface area contributed by atoms with E-state index < -0.39 is 6.10 Å². The van der Waals surface area contributed by atoms with E-state index in [2.05, 4.69) is 17.1 Å². The molecule has 2 aromatic rings. The zero-order valence-corrected chi connectivity index (χ0v) is 16.9. The predicted octanol–water partition coefficient (Wildman–Crippen LogP) is 4.09. The highest BCUT2D eigenvalue weighted by molar-refractivity contribution is 6.30. The Hall–Kier alpha value is -2.21. The zero-order chi connectivity index (χ0) is 19.8. The molecule has 2 aromatic carbocycles. The number of benzene rings is 2. The molecular formula is C23H24ClNO4. The van der Waals surface area contributed by atoms with Gasteiger partial charge in [0.15, 0.2) is 11.5 Å². The Balaban J connectivity index is 1.21. The van der Waals surface area contributed by atoms with Gasteiger partial charge in [-0.3, -0.25) is 0 Å². The minimum atomic E-state index is -0.564. The molecule has 152 valence electrons. The molecule has 0 aliphatic carbocycles. The van der Waals surface area contributed by atoms with Crippen molar-refractivity contribution in [3.05, 3.63) is 58.6 Å². The summed E-state index contributed by atoms with van der Waals surface area (Å²) in [5.74, 6) is 2.35. The molecule has 3 heterocycles. The standard InChI is InChI=1S/C23H24ClNO4/c24-18-2-4-20-17(13-18)5-6-23(29-20)7-9-25(10-8-23)15-19(26)16-1-3-21-22(14-16)28-12-11-27-21/h1-6,13-14,19,26H,7-12,15H2/t19-/m0/s1. The molecule has 5 rings (SSSR count). The van der Waals surface area contributed by atoms with Gasteiger partial charge in [-0.05, 0) is 42.0 Å². The van der Waals surface area contributed by atoms with Crippen molar-refractivity contribution in [3.8, 4) is 17.2 Å².